The highest BCUT2D eigenvalue weighted by atomic mass is 35.5. The highest BCUT2D eigenvalue weighted by molar-refractivity contribution is 6.30. The van der Waals surface area contributed by atoms with Gasteiger partial charge in [0.1, 0.15) is 11.9 Å². The van der Waals surface area contributed by atoms with Crippen LogP contribution in [0.25, 0.3) is 0 Å². The van der Waals surface area contributed by atoms with Gasteiger partial charge in [-0.1, -0.05) is 23.7 Å². The van der Waals surface area contributed by atoms with Crippen molar-refractivity contribution in [3.8, 4) is 0 Å². The summed E-state index contributed by atoms with van der Waals surface area (Å²) in [7, 11) is 0. The van der Waals surface area contributed by atoms with Crippen LogP contribution in [-0.2, 0) is 9.53 Å². The molecular formula is C14H15ClO3. The van der Waals surface area contributed by atoms with E-state index in [9.17, 15) is 9.90 Å². The quantitative estimate of drug-likeness (QED) is 0.787. The molecule has 1 heterocycles. The van der Waals surface area contributed by atoms with E-state index in [0.717, 1.165) is 5.56 Å². The van der Waals surface area contributed by atoms with Crippen LogP contribution in [0.15, 0.2) is 35.6 Å². The van der Waals surface area contributed by atoms with E-state index in [4.69, 9.17) is 16.3 Å². The molecule has 0 aliphatic carbocycles. The largest absolute Gasteiger partial charge is 0.511 e. The van der Waals surface area contributed by atoms with Gasteiger partial charge in [-0.25, -0.2) is 4.79 Å². The van der Waals surface area contributed by atoms with E-state index in [1.54, 1.807) is 31.2 Å². The maximum atomic E-state index is 11.7. The molecule has 2 rings (SSSR count). The van der Waals surface area contributed by atoms with Gasteiger partial charge < -0.3 is 9.84 Å². The highest BCUT2D eigenvalue weighted by Gasteiger charge is 2.43. The van der Waals surface area contributed by atoms with Crippen molar-refractivity contribution in [1.82, 2.24) is 0 Å². The molecule has 1 atom stereocenters. The fraction of sp³-hybridized carbons (Fsp3) is 0.357. The second-order valence-electron chi connectivity index (χ2n) is 5.03. The van der Waals surface area contributed by atoms with Crippen LogP contribution in [0.4, 0.5) is 0 Å². The van der Waals surface area contributed by atoms with Gasteiger partial charge in [0.25, 0.3) is 0 Å². The van der Waals surface area contributed by atoms with Crippen molar-refractivity contribution in [2.45, 2.75) is 26.9 Å². The number of benzene rings is 1. The number of carbonyl (C=O) groups excluding carboxylic acids is 1. The van der Waals surface area contributed by atoms with Crippen LogP contribution < -0.4 is 0 Å². The third-order valence-electron chi connectivity index (χ3n) is 3.32. The molecule has 1 aliphatic heterocycles. The molecule has 0 spiro atoms. The maximum Gasteiger partial charge on any atom is 0.337 e. The van der Waals surface area contributed by atoms with Crippen molar-refractivity contribution in [2.24, 2.45) is 5.41 Å². The number of esters is 1. The van der Waals surface area contributed by atoms with Gasteiger partial charge in [-0.15, -0.1) is 0 Å². The minimum absolute atomic E-state index is 0.0821. The van der Waals surface area contributed by atoms with Crippen LogP contribution in [0.1, 0.15) is 32.4 Å². The van der Waals surface area contributed by atoms with E-state index in [1.807, 2.05) is 13.8 Å². The third-order valence-corrected chi connectivity index (χ3v) is 3.58. The molecule has 4 heteroatoms. The van der Waals surface area contributed by atoms with Gasteiger partial charge in [0, 0.05) is 5.02 Å². The van der Waals surface area contributed by atoms with Crippen molar-refractivity contribution in [3.05, 3.63) is 46.2 Å². The topological polar surface area (TPSA) is 46.5 Å². The zero-order valence-corrected chi connectivity index (χ0v) is 11.3. The van der Waals surface area contributed by atoms with Crippen molar-refractivity contribution in [2.75, 3.05) is 0 Å². The van der Waals surface area contributed by atoms with Gasteiger partial charge in [0.05, 0.1) is 11.0 Å². The summed E-state index contributed by atoms with van der Waals surface area (Å²) in [6.45, 7) is 5.26. The Morgan fingerprint density at radius 3 is 2.39 bits per heavy atom. The Balaban J connectivity index is 2.47. The summed E-state index contributed by atoms with van der Waals surface area (Å²) in [6.07, 6.45) is -0.508. The minimum atomic E-state index is -0.647. The van der Waals surface area contributed by atoms with Crippen LogP contribution in [0.3, 0.4) is 0 Å². The number of aliphatic hydroxyl groups excluding tert-OH is 1. The number of hydrogen-bond donors (Lipinski definition) is 1. The molecule has 1 aliphatic rings. The lowest BCUT2D eigenvalue weighted by Crippen LogP contribution is -2.35. The van der Waals surface area contributed by atoms with E-state index < -0.39 is 17.5 Å². The monoisotopic (exact) mass is 266 g/mol. The van der Waals surface area contributed by atoms with Crippen molar-refractivity contribution >= 4 is 17.6 Å². The normalized spacial score (nSPS) is 22.9. The minimum Gasteiger partial charge on any atom is -0.511 e. The Bertz CT molecular complexity index is 514. The SMILES string of the molecule is CC1=C(O)C(C)(C)C(c2ccc(Cl)cc2)OC1=O. The first-order valence-corrected chi connectivity index (χ1v) is 6.08. The number of rotatable bonds is 1. The van der Waals surface area contributed by atoms with Gasteiger partial charge in [-0.3, -0.25) is 0 Å². The molecule has 0 aromatic heterocycles. The summed E-state index contributed by atoms with van der Waals surface area (Å²) in [6, 6.07) is 7.08. The summed E-state index contributed by atoms with van der Waals surface area (Å²) >= 11 is 5.84. The van der Waals surface area contributed by atoms with Gasteiger partial charge in [-0.05, 0) is 38.5 Å². The molecule has 0 amide bonds. The van der Waals surface area contributed by atoms with E-state index in [-0.39, 0.29) is 11.3 Å². The fourth-order valence-electron chi connectivity index (χ4n) is 2.17. The molecule has 1 unspecified atom stereocenters. The second kappa shape index (κ2) is 4.32. The summed E-state index contributed by atoms with van der Waals surface area (Å²) < 4.78 is 5.41. The van der Waals surface area contributed by atoms with Gasteiger partial charge in [-0.2, -0.15) is 0 Å². The molecular weight excluding hydrogens is 252 g/mol. The Kier molecular flexibility index (Phi) is 3.11. The lowest BCUT2D eigenvalue weighted by atomic mass is 9.77. The first-order valence-electron chi connectivity index (χ1n) is 5.71. The van der Waals surface area contributed by atoms with Crippen molar-refractivity contribution < 1.29 is 14.6 Å². The molecule has 1 aromatic rings. The van der Waals surface area contributed by atoms with E-state index >= 15 is 0 Å². The first kappa shape index (κ1) is 13.0. The molecule has 1 aromatic carbocycles. The number of cyclic esters (lactones) is 1. The van der Waals surface area contributed by atoms with E-state index in [0.29, 0.717) is 5.02 Å². The van der Waals surface area contributed by atoms with Crippen LogP contribution in [0.5, 0.6) is 0 Å². The number of ether oxygens (including phenoxy) is 1. The maximum absolute atomic E-state index is 11.7. The molecule has 1 N–H and O–H groups in total. The molecule has 96 valence electrons. The predicted molar refractivity (Wildman–Crippen MR) is 69.4 cm³/mol. The van der Waals surface area contributed by atoms with Crippen LogP contribution in [0.2, 0.25) is 5.02 Å². The van der Waals surface area contributed by atoms with Crippen molar-refractivity contribution in [1.29, 1.82) is 0 Å². The lowest BCUT2D eigenvalue weighted by molar-refractivity contribution is -0.155. The number of aliphatic hydroxyl groups is 1. The van der Waals surface area contributed by atoms with E-state index in [1.165, 1.54) is 0 Å². The molecule has 0 fully saturated rings. The van der Waals surface area contributed by atoms with E-state index in [2.05, 4.69) is 0 Å². The molecule has 0 bridgehead atoms. The summed E-state index contributed by atoms with van der Waals surface area (Å²) in [4.78, 5) is 11.7. The molecule has 18 heavy (non-hydrogen) atoms. The Hall–Kier alpha value is -1.48. The Labute approximate surface area is 111 Å². The average molecular weight is 267 g/mol. The standard InChI is InChI=1S/C14H15ClO3/c1-8-11(16)14(2,3)12(18-13(8)17)9-4-6-10(15)7-5-9/h4-7,12,16H,1-3H3. The highest BCUT2D eigenvalue weighted by Crippen LogP contribution is 2.46. The van der Waals surface area contributed by atoms with Gasteiger partial charge >= 0.3 is 5.97 Å². The lowest BCUT2D eigenvalue weighted by Gasteiger charge is -2.37. The number of halogens is 1. The summed E-state index contributed by atoms with van der Waals surface area (Å²) in [5.41, 5.74) is 0.438. The molecule has 0 radical (unpaired) electrons. The molecule has 0 saturated heterocycles. The fourth-order valence-corrected chi connectivity index (χ4v) is 2.30. The number of carbonyl (C=O) groups is 1. The summed E-state index contributed by atoms with van der Waals surface area (Å²) in [5, 5.41) is 10.7. The average Bonchev–Trinajstić information content (AvgIpc) is 2.33. The van der Waals surface area contributed by atoms with Crippen LogP contribution in [0, 0.1) is 5.41 Å². The van der Waals surface area contributed by atoms with Crippen LogP contribution in [-0.4, -0.2) is 11.1 Å². The third kappa shape index (κ3) is 1.99. The zero-order chi connectivity index (χ0) is 13.5. The second-order valence-corrected chi connectivity index (χ2v) is 5.47. The smallest absolute Gasteiger partial charge is 0.337 e. The van der Waals surface area contributed by atoms with Crippen LogP contribution >= 0.6 is 11.6 Å². The Morgan fingerprint density at radius 2 is 1.83 bits per heavy atom. The van der Waals surface area contributed by atoms with Gasteiger partial charge in [0.15, 0.2) is 0 Å². The van der Waals surface area contributed by atoms with Crippen molar-refractivity contribution in [3.63, 3.8) is 0 Å². The molecule has 0 saturated carbocycles. The number of hydrogen-bond acceptors (Lipinski definition) is 3. The Morgan fingerprint density at radius 1 is 1.28 bits per heavy atom. The summed E-state index contributed by atoms with van der Waals surface area (Å²) in [5.74, 6) is -0.398. The van der Waals surface area contributed by atoms with Gasteiger partial charge in [0.2, 0.25) is 0 Å². The first-order chi connectivity index (χ1) is 8.34. The molecule has 3 nitrogen and oxygen atoms in total. The predicted octanol–water partition coefficient (Wildman–Crippen LogP) is 3.80. The zero-order valence-electron chi connectivity index (χ0n) is 10.5.